The van der Waals surface area contributed by atoms with Crippen molar-refractivity contribution in [3.63, 3.8) is 0 Å². The van der Waals surface area contributed by atoms with E-state index in [0.29, 0.717) is 11.8 Å². The molecule has 0 spiro atoms. The molecule has 0 fully saturated rings. The zero-order valence-electron chi connectivity index (χ0n) is 13.7. The Hall–Kier alpha value is -1.89. The smallest absolute Gasteiger partial charge is 0.274 e. The molecule has 0 atom stereocenters. The van der Waals surface area contributed by atoms with Gasteiger partial charge in [-0.15, -0.1) is 23.1 Å². The highest BCUT2D eigenvalue weighted by molar-refractivity contribution is 7.98. The molecule has 2 aromatic heterocycles. The van der Waals surface area contributed by atoms with E-state index in [4.69, 9.17) is 14.7 Å². The van der Waals surface area contributed by atoms with Gasteiger partial charge in [-0.25, -0.2) is 9.97 Å². The number of hydrogen-bond donors (Lipinski definition) is 0. The van der Waals surface area contributed by atoms with Crippen LogP contribution >= 0.6 is 34.4 Å². The quantitative estimate of drug-likeness (QED) is 0.312. The SMILES string of the molecule is C=CCOc1nc2c(Cc3nc4ccccc4s3)c(SC)ccc2s1. The predicted molar refractivity (Wildman–Crippen MR) is 110 cm³/mol. The molecule has 3 nitrogen and oxygen atoms in total. The number of fused-ring (bicyclic) bond motifs is 2. The van der Waals surface area contributed by atoms with Gasteiger partial charge >= 0.3 is 0 Å². The molecule has 4 aromatic rings. The number of rotatable bonds is 6. The zero-order valence-corrected chi connectivity index (χ0v) is 16.1. The number of benzene rings is 2. The predicted octanol–water partition coefficient (Wildman–Crippen LogP) is 5.78. The van der Waals surface area contributed by atoms with Crippen LogP contribution in [0.5, 0.6) is 5.19 Å². The van der Waals surface area contributed by atoms with Gasteiger partial charge in [-0.2, -0.15) is 0 Å². The first-order chi connectivity index (χ1) is 12.3. The molecule has 6 heteroatoms. The fourth-order valence-electron chi connectivity index (χ4n) is 2.71. The van der Waals surface area contributed by atoms with Gasteiger partial charge < -0.3 is 4.74 Å². The minimum absolute atomic E-state index is 0.475. The van der Waals surface area contributed by atoms with Crippen LogP contribution in [0.3, 0.4) is 0 Å². The van der Waals surface area contributed by atoms with E-state index in [9.17, 15) is 0 Å². The first-order valence-corrected chi connectivity index (χ1v) is 10.7. The Morgan fingerprint density at radius 3 is 2.80 bits per heavy atom. The third-order valence-electron chi connectivity index (χ3n) is 3.81. The molecule has 0 aliphatic heterocycles. The van der Waals surface area contributed by atoms with Gasteiger partial charge in [-0.1, -0.05) is 36.1 Å². The van der Waals surface area contributed by atoms with E-state index in [1.54, 1.807) is 40.5 Å². The molecule has 25 heavy (non-hydrogen) atoms. The van der Waals surface area contributed by atoms with Crippen LogP contribution in [0.2, 0.25) is 0 Å². The molecule has 0 bridgehead atoms. The molecular weight excluding hydrogens is 368 g/mol. The molecule has 2 heterocycles. The summed E-state index contributed by atoms with van der Waals surface area (Å²) >= 11 is 5.08. The highest BCUT2D eigenvalue weighted by Gasteiger charge is 2.15. The fraction of sp³-hybridized carbons (Fsp3) is 0.158. The molecule has 0 aliphatic rings. The lowest BCUT2D eigenvalue weighted by molar-refractivity contribution is 0.362. The number of thiazole rings is 2. The molecule has 0 N–H and O–H groups in total. The Labute approximate surface area is 158 Å². The number of thioether (sulfide) groups is 1. The van der Waals surface area contributed by atoms with Crippen LogP contribution in [0.1, 0.15) is 10.6 Å². The summed E-state index contributed by atoms with van der Waals surface area (Å²) in [6.45, 7) is 4.17. The van der Waals surface area contributed by atoms with E-state index >= 15 is 0 Å². The van der Waals surface area contributed by atoms with Gasteiger partial charge in [0.05, 0.1) is 25.4 Å². The summed E-state index contributed by atoms with van der Waals surface area (Å²) in [5.41, 5.74) is 3.32. The highest BCUT2D eigenvalue weighted by Crippen LogP contribution is 2.36. The van der Waals surface area contributed by atoms with E-state index < -0.39 is 0 Å². The normalized spacial score (nSPS) is 11.2. The van der Waals surface area contributed by atoms with E-state index in [1.807, 2.05) is 6.07 Å². The Morgan fingerprint density at radius 2 is 2.00 bits per heavy atom. The van der Waals surface area contributed by atoms with Crippen molar-refractivity contribution in [3.05, 3.63) is 59.6 Å². The van der Waals surface area contributed by atoms with Crippen molar-refractivity contribution in [2.75, 3.05) is 12.9 Å². The van der Waals surface area contributed by atoms with Crippen molar-refractivity contribution >= 4 is 54.9 Å². The summed E-state index contributed by atoms with van der Waals surface area (Å²) in [4.78, 5) is 10.8. The lowest BCUT2D eigenvalue weighted by Crippen LogP contribution is -1.94. The second-order valence-corrected chi connectivity index (χ2v) is 8.38. The Morgan fingerprint density at radius 1 is 1.12 bits per heavy atom. The van der Waals surface area contributed by atoms with Crippen molar-refractivity contribution in [2.45, 2.75) is 11.3 Å². The third kappa shape index (κ3) is 3.29. The monoisotopic (exact) mass is 384 g/mol. The van der Waals surface area contributed by atoms with Crippen molar-refractivity contribution < 1.29 is 4.74 Å². The van der Waals surface area contributed by atoms with E-state index in [1.165, 1.54) is 15.2 Å². The molecular formula is C19H16N2OS3. The van der Waals surface area contributed by atoms with Crippen LogP contribution in [-0.2, 0) is 6.42 Å². The van der Waals surface area contributed by atoms with Crippen LogP contribution < -0.4 is 4.74 Å². The topological polar surface area (TPSA) is 35.0 Å². The summed E-state index contributed by atoms with van der Waals surface area (Å²) in [5, 5.41) is 1.81. The maximum atomic E-state index is 5.64. The van der Waals surface area contributed by atoms with Crippen LogP contribution in [0.15, 0.2) is 53.9 Å². The molecule has 2 aromatic carbocycles. The number of nitrogens with zero attached hydrogens (tertiary/aromatic N) is 2. The van der Waals surface area contributed by atoms with E-state index in [-0.39, 0.29) is 0 Å². The average Bonchev–Trinajstić information content (AvgIpc) is 3.23. The standard InChI is InChI=1S/C19H16N2OS3/c1-3-10-22-19-21-18-12(14(23-2)8-9-16(18)25-19)11-17-20-13-6-4-5-7-15(13)24-17/h3-9H,1,10-11H2,2H3. The van der Waals surface area contributed by atoms with Gasteiger partial charge in [-0.3, -0.25) is 0 Å². The van der Waals surface area contributed by atoms with Crippen molar-refractivity contribution in [1.82, 2.24) is 9.97 Å². The first-order valence-electron chi connectivity index (χ1n) is 7.83. The Balaban J connectivity index is 1.77. The second-order valence-electron chi connectivity index (χ2n) is 5.42. The summed E-state index contributed by atoms with van der Waals surface area (Å²) in [7, 11) is 0. The number of hydrogen-bond acceptors (Lipinski definition) is 6. The Kier molecular flexibility index (Phi) is 4.74. The van der Waals surface area contributed by atoms with Gasteiger partial charge in [0, 0.05) is 11.3 Å². The zero-order chi connectivity index (χ0) is 17.2. The summed E-state index contributed by atoms with van der Waals surface area (Å²) in [5.74, 6) is 0. The summed E-state index contributed by atoms with van der Waals surface area (Å²) < 4.78 is 8.01. The Bertz CT molecular complexity index is 1020. The van der Waals surface area contributed by atoms with Crippen molar-refractivity contribution in [2.24, 2.45) is 0 Å². The van der Waals surface area contributed by atoms with Gasteiger partial charge in [0.15, 0.2) is 0 Å². The van der Waals surface area contributed by atoms with Crippen molar-refractivity contribution in [3.8, 4) is 5.19 Å². The molecule has 4 rings (SSSR count). The van der Waals surface area contributed by atoms with Crippen molar-refractivity contribution in [1.29, 1.82) is 0 Å². The molecule has 0 amide bonds. The summed E-state index contributed by atoms with van der Waals surface area (Å²) in [6, 6.07) is 12.6. The fourth-order valence-corrected chi connectivity index (χ4v) is 5.16. The number of ether oxygens (including phenoxy) is 1. The molecule has 0 saturated heterocycles. The van der Waals surface area contributed by atoms with Gasteiger partial charge in [0.25, 0.3) is 5.19 Å². The molecule has 126 valence electrons. The summed E-state index contributed by atoms with van der Waals surface area (Å²) in [6.07, 6.45) is 4.63. The van der Waals surface area contributed by atoms with Gasteiger partial charge in [-0.05, 0) is 36.1 Å². The van der Waals surface area contributed by atoms with Crippen LogP contribution in [-0.4, -0.2) is 22.8 Å². The molecule has 0 radical (unpaired) electrons. The minimum Gasteiger partial charge on any atom is -0.466 e. The number of para-hydroxylation sites is 1. The lowest BCUT2D eigenvalue weighted by atomic mass is 10.1. The maximum Gasteiger partial charge on any atom is 0.274 e. The largest absolute Gasteiger partial charge is 0.466 e. The molecule has 0 saturated carbocycles. The van der Waals surface area contributed by atoms with Gasteiger partial charge in [0.2, 0.25) is 0 Å². The second kappa shape index (κ2) is 7.15. The molecule has 0 aliphatic carbocycles. The average molecular weight is 385 g/mol. The van der Waals surface area contributed by atoms with E-state index in [2.05, 4.69) is 43.2 Å². The number of aromatic nitrogens is 2. The maximum absolute atomic E-state index is 5.64. The van der Waals surface area contributed by atoms with Crippen LogP contribution in [0, 0.1) is 0 Å². The van der Waals surface area contributed by atoms with Gasteiger partial charge in [0.1, 0.15) is 6.61 Å². The first kappa shape index (κ1) is 16.6. The molecule has 0 unspecified atom stereocenters. The third-order valence-corrected chi connectivity index (χ3v) is 6.61. The van der Waals surface area contributed by atoms with Crippen LogP contribution in [0.4, 0.5) is 0 Å². The van der Waals surface area contributed by atoms with Crippen LogP contribution in [0.25, 0.3) is 20.4 Å². The minimum atomic E-state index is 0.475. The van der Waals surface area contributed by atoms with E-state index in [0.717, 1.165) is 27.2 Å². The lowest BCUT2D eigenvalue weighted by Gasteiger charge is -2.06. The highest BCUT2D eigenvalue weighted by atomic mass is 32.2.